The minimum Gasteiger partial charge on any atom is -0.393 e. The number of hydrogen-bond acceptors (Lipinski definition) is 3. The first-order valence-corrected chi connectivity index (χ1v) is 4.09. The highest BCUT2D eigenvalue weighted by atomic mass is 32.2. The lowest BCUT2D eigenvalue weighted by atomic mass is 10.5. The molecule has 54 valence electrons. The maximum absolute atomic E-state index is 10.5. The van der Waals surface area contributed by atoms with Gasteiger partial charge in [-0.3, -0.25) is 4.79 Å². The third kappa shape index (κ3) is 2.07. The Morgan fingerprint density at radius 2 is 2.60 bits per heavy atom. The Labute approximate surface area is 68.1 Å². The summed E-state index contributed by atoms with van der Waals surface area (Å²) in [4.78, 5) is 14.6. The molecule has 3 nitrogen and oxygen atoms in total. The van der Waals surface area contributed by atoms with Crippen LogP contribution in [0.15, 0.2) is 4.99 Å². The first kappa shape index (κ1) is 7.68. The van der Waals surface area contributed by atoms with Crippen LogP contribution in [0.3, 0.4) is 0 Å². The Bertz CT molecular complexity index is 212. The molecular weight excluding hydrogens is 168 g/mol. The van der Waals surface area contributed by atoms with Crippen molar-refractivity contribution in [3.05, 3.63) is 0 Å². The summed E-state index contributed by atoms with van der Waals surface area (Å²) in [5, 5.41) is 0.748. The number of carbonyl (C=O) groups is 1. The molecule has 10 heavy (non-hydrogen) atoms. The number of nitrogens with zero attached hydrogens (tertiary/aromatic N) is 1. The van der Waals surface area contributed by atoms with Gasteiger partial charge in [-0.1, -0.05) is 12.2 Å². The average Bonchev–Trinajstić information content (AvgIpc) is 2.13. The van der Waals surface area contributed by atoms with E-state index in [0.717, 1.165) is 5.04 Å². The third-order valence-electron chi connectivity index (χ3n) is 0.937. The van der Waals surface area contributed by atoms with Crippen molar-refractivity contribution in [2.24, 2.45) is 10.7 Å². The van der Waals surface area contributed by atoms with Gasteiger partial charge >= 0.3 is 0 Å². The molecule has 1 aliphatic heterocycles. The summed E-state index contributed by atoms with van der Waals surface area (Å²) in [5.74, 6) is 0.356. The molecule has 0 atom stereocenters. The molecule has 0 radical (unpaired) electrons. The molecule has 2 N–H and O–H groups in total. The number of thioether (sulfide) groups is 1. The second-order valence-electron chi connectivity index (χ2n) is 1.83. The number of rotatable bonds is 2. The summed E-state index contributed by atoms with van der Waals surface area (Å²) in [6, 6.07) is 0. The smallest absolute Gasteiger partial charge is 0.256 e. The molecule has 0 spiro atoms. The monoisotopic (exact) mass is 174 g/mol. The largest absolute Gasteiger partial charge is 0.393 e. The molecule has 0 aliphatic carbocycles. The summed E-state index contributed by atoms with van der Waals surface area (Å²) in [6.45, 7) is 0. The normalized spacial score (nSPS) is 17.2. The van der Waals surface area contributed by atoms with E-state index in [1.807, 2.05) is 0 Å². The van der Waals surface area contributed by atoms with E-state index < -0.39 is 0 Å². The second kappa shape index (κ2) is 3.12. The van der Waals surface area contributed by atoms with Crippen LogP contribution in [-0.2, 0) is 4.79 Å². The molecule has 1 aliphatic rings. The van der Waals surface area contributed by atoms with Crippen molar-refractivity contribution in [1.29, 1.82) is 0 Å². The predicted octanol–water partition coefficient (Wildman–Crippen LogP) is 0.335. The van der Waals surface area contributed by atoms with E-state index in [4.69, 9.17) is 5.73 Å². The highest BCUT2D eigenvalue weighted by molar-refractivity contribution is 8.15. The highest BCUT2D eigenvalue weighted by Gasteiger charge is 2.14. The molecule has 0 fully saturated rings. The molecule has 0 aromatic carbocycles. The quantitative estimate of drug-likeness (QED) is 0.613. The molecule has 0 aromatic rings. The minimum atomic E-state index is -0.0868. The van der Waals surface area contributed by atoms with E-state index in [0.29, 0.717) is 17.2 Å². The van der Waals surface area contributed by atoms with Gasteiger partial charge in [-0.2, -0.15) is 0 Å². The summed E-state index contributed by atoms with van der Waals surface area (Å²) < 4.78 is 0. The average molecular weight is 174 g/mol. The fourth-order valence-corrected chi connectivity index (χ4v) is 1.59. The maximum Gasteiger partial charge on any atom is 0.256 e. The van der Waals surface area contributed by atoms with Gasteiger partial charge in [0.25, 0.3) is 5.91 Å². The van der Waals surface area contributed by atoms with Crippen LogP contribution in [-0.4, -0.2) is 21.7 Å². The number of amides is 1. The van der Waals surface area contributed by atoms with E-state index >= 15 is 0 Å². The van der Waals surface area contributed by atoms with Crippen molar-refractivity contribution in [3.63, 3.8) is 0 Å². The molecule has 1 heterocycles. The van der Waals surface area contributed by atoms with Crippen molar-refractivity contribution in [2.45, 2.75) is 6.42 Å². The molecule has 1 amide bonds. The Morgan fingerprint density at radius 3 is 3.00 bits per heavy atom. The predicted molar refractivity (Wildman–Crippen MR) is 46.3 cm³/mol. The van der Waals surface area contributed by atoms with Gasteiger partial charge in [0.15, 0.2) is 0 Å². The third-order valence-corrected chi connectivity index (χ3v) is 2.04. The number of carbonyl (C=O) groups excluding carboxylic acids is 1. The Kier molecular flexibility index (Phi) is 2.39. The maximum atomic E-state index is 10.5. The zero-order valence-electron chi connectivity index (χ0n) is 5.16. The van der Waals surface area contributed by atoms with E-state index in [2.05, 4.69) is 17.2 Å². The zero-order valence-corrected chi connectivity index (χ0v) is 6.80. The van der Waals surface area contributed by atoms with E-state index in [1.165, 1.54) is 11.8 Å². The molecule has 1 rings (SSSR count). The lowest BCUT2D eigenvalue weighted by Crippen LogP contribution is -2.10. The van der Waals surface area contributed by atoms with Gasteiger partial charge in [0.05, 0.1) is 15.8 Å². The van der Waals surface area contributed by atoms with Crippen LogP contribution in [0.25, 0.3) is 0 Å². The van der Waals surface area contributed by atoms with Crippen molar-refractivity contribution < 1.29 is 4.79 Å². The lowest BCUT2D eigenvalue weighted by Gasteiger charge is -1.92. The van der Waals surface area contributed by atoms with Crippen LogP contribution < -0.4 is 5.73 Å². The molecule has 0 bridgehead atoms. The number of nitrogens with two attached hydrogens (primary N) is 1. The number of hydrogen-bond donors (Lipinski definition) is 1. The van der Waals surface area contributed by atoms with Crippen molar-refractivity contribution in [1.82, 2.24) is 0 Å². The van der Waals surface area contributed by atoms with Crippen molar-refractivity contribution in [2.75, 3.05) is 5.75 Å². The molecular formula is C5H6N2OS2. The highest BCUT2D eigenvalue weighted by Crippen LogP contribution is 2.15. The van der Waals surface area contributed by atoms with E-state index in [1.54, 1.807) is 0 Å². The first-order valence-electron chi connectivity index (χ1n) is 2.70. The van der Waals surface area contributed by atoms with Gasteiger partial charge < -0.3 is 5.73 Å². The second-order valence-corrected chi connectivity index (χ2v) is 3.40. The van der Waals surface area contributed by atoms with Crippen LogP contribution in [0.4, 0.5) is 0 Å². The summed E-state index contributed by atoms with van der Waals surface area (Å²) in [6.07, 6.45) is 0.464. The SMILES string of the molecule is NC(=S)CC1=NC(=O)CS1. The standard InChI is InChI=1S/C5H6N2OS2/c6-3(9)1-5-7-4(8)2-10-5/h1-2H2,(H2,6,9). The van der Waals surface area contributed by atoms with Gasteiger partial charge in [0, 0.05) is 6.42 Å². The van der Waals surface area contributed by atoms with Crippen LogP contribution in [0, 0.1) is 0 Å². The topological polar surface area (TPSA) is 55.4 Å². The van der Waals surface area contributed by atoms with Crippen LogP contribution in [0.1, 0.15) is 6.42 Å². The van der Waals surface area contributed by atoms with Gasteiger partial charge in [-0.15, -0.1) is 11.8 Å². The van der Waals surface area contributed by atoms with E-state index in [-0.39, 0.29) is 5.91 Å². The lowest BCUT2D eigenvalue weighted by molar-refractivity contribution is -0.115. The molecule has 0 saturated heterocycles. The zero-order chi connectivity index (χ0) is 7.56. The Balaban J connectivity index is 2.50. The summed E-state index contributed by atoms with van der Waals surface area (Å²) in [5.41, 5.74) is 5.24. The Morgan fingerprint density at radius 1 is 1.90 bits per heavy atom. The summed E-state index contributed by atoms with van der Waals surface area (Å²) in [7, 11) is 0. The fourth-order valence-electron chi connectivity index (χ4n) is 0.588. The molecule has 5 heteroatoms. The number of thiocarbonyl (C=S) groups is 1. The van der Waals surface area contributed by atoms with Crippen LogP contribution >= 0.6 is 24.0 Å². The molecule has 0 aromatic heterocycles. The van der Waals surface area contributed by atoms with Gasteiger partial charge in [-0.25, -0.2) is 4.99 Å². The van der Waals surface area contributed by atoms with Crippen LogP contribution in [0.5, 0.6) is 0 Å². The van der Waals surface area contributed by atoms with Gasteiger partial charge in [-0.05, 0) is 0 Å². The minimum absolute atomic E-state index is 0.0868. The molecule has 0 unspecified atom stereocenters. The fraction of sp³-hybridized carbons (Fsp3) is 0.400. The summed E-state index contributed by atoms with van der Waals surface area (Å²) >= 11 is 6.05. The van der Waals surface area contributed by atoms with Crippen molar-refractivity contribution in [3.8, 4) is 0 Å². The Hall–Kier alpha value is -0.420. The van der Waals surface area contributed by atoms with E-state index in [9.17, 15) is 4.79 Å². The van der Waals surface area contributed by atoms with Gasteiger partial charge in [0.2, 0.25) is 0 Å². The van der Waals surface area contributed by atoms with Gasteiger partial charge in [0.1, 0.15) is 0 Å². The molecule has 0 saturated carbocycles. The number of aliphatic imine (C=N–C) groups is 1. The first-order chi connectivity index (χ1) is 4.68. The van der Waals surface area contributed by atoms with Crippen molar-refractivity contribution >= 4 is 39.9 Å². The van der Waals surface area contributed by atoms with Crippen LogP contribution in [0.2, 0.25) is 0 Å².